The summed E-state index contributed by atoms with van der Waals surface area (Å²) in [6, 6.07) is 6.50. The minimum atomic E-state index is -1.19. The number of para-hydroxylation sites is 1. The number of carbonyl (C=O) groups excluding carboxylic acids is 3. The zero-order chi connectivity index (χ0) is 19.9. The highest BCUT2D eigenvalue weighted by Gasteiger charge is 2.55. The van der Waals surface area contributed by atoms with E-state index >= 15 is 0 Å². The van der Waals surface area contributed by atoms with Crippen LogP contribution in [-0.2, 0) is 15.1 Å². The second kappa shape index (κ2) is 6.86. The Kier molecular flexibility index (Phi) is 4.50. The van der Waals surface area contributed by atoms with E-state index in [0.29, 0.717) is 29.5 Å². The summed E-state index contributed by atoms with van der Waals surface area (Å²) in [6.07, 6.45) is 0.306. The number of hydrogen-bond donors (Lipinski definition) is 2. The number of amides is 4. The number of rotatable bonds is 4. The van der Waals surface area contributed by atoms with Crippen molar-refractivity contribution in [1.29, 1.82) is 0 Å². The van der Waals surface area contributed by atoms with E-state index in [9.17, 15) is 14.4 Å². The Hall–Kier alpha value is -3.01. The van der Waals surface area contributed by atoms with Gasteiger partial charge in [-0.05, 0) is 6.07 Å². The van der Waals surface area contributed by atoms with E-state index in [1.807, 2.05) is 13.8 Å². The van der Waals surface area contributed by atoms with Crippen molar-refractivity contribution in [3.63, 3.8) is 0 Å². The van der Waals surface area contributed by atoms with Crippen molar-refractivity contribution in [1.82, 2.24) is 20.4 Å². The molecule has 2 aliphatic rings. The molecule has 0 saturated carbocycles. The number of carbonyl (C=O) groups is 3. The van der Waals surface area contributed by atoms with E-state index in [0.717, 1.165) is 9.91 Å². The molecule has 4 amide bonds. The van der Waals surface area contributed by atoms with E-state index in [4.69, 9.17) is 4.74 Å². The van der Waals surface area contributed by atoms with Gasteiger partial charge in [-0.3, -0.25) is 19.8 Å². The third kappa shape index (κ3) is 2.99. The van der Waals surface area contributed by atoms with Crippen molar-refractivity contribution in [2.45, 2.75) is 31.7 Å². The third-order valence-corrected chi connectivity index (χ3v) is 5.88. The number of imide groups is 1. The summed E-state index contributed by atoms with van der Waals surface area (Å²) in [5.41, 5.74) is -0.590. The quantitative estimate of drug-likeness (QED) is 0.756. The predicted molar refractivity (Wildman–Crippen MR) is 101 cm³/mol. The molecule has 1 aromatic heterocycles. The Morgan fingerprint density at radius 1 is 1.36 bits per heavy atom. The van der Waals surface area contributed by atoms with Crippen LogP contribution in [0, 0.1) is 0 Å². The molecule has 10 heteroatoms. The summed E-state index contributed by atoms with van der Waals surface area (Å²) in [6.45, 7) is 3.85. The maximum absolute atomic E-state index is 13.1. The van der Waals surface area contributed by atoms with Gasteiger partial charge in [-0.15, -0.1) is 10.2 Å². The monoisotopic (exact) mass is 401 g/mol. The van der Waals surface area contributed by atoms with E-state index in [1.165, 1.54) is 11.3 Å². The number of aromatic nitrogens is 2. The molecule has 2 N–H and O–H groups in total. The van der Waals surface area contributed by atoms with Crippen LogP contribution in [0.5, 0.6) is 5.75 Å². The van der Waals surface area contributed by atoms with E-state index in [-0.39, 0.29) is 5.92 Å². The Morgan fingerprint density at radius 3 is 2.89 bits per heavy atom. The normalized spacial score (nSPS) is 20.9. The fourth-order valence-corrected chi connectivity index (χ4v) is 4.10. The first-order valence-corrected chi connectivity index (χ1v) is 9.72. The molecule has 9 nitrogen and oxygen atoms in total. The van der Waals surface area contributed by atoms with E-state index < -0.39 is 29.9 Å². The van der Waals surface area contributed by atoms with Gasteiger partial charge >= 0.3 is 6.03 Å². The summed E-state index contributed by atoms with van der Waals surface area (Å²) in [5.74, 6) is -0.206. The van der Waals surface area contributed by atoms with Crippen LogP contribution in [0.2, 0.25) is 0 Å². The van der Waals surface area contributed by atoms with Crippen LogP contribution in [0.25, 0.3) is 0 Å². The smallest absolute Gasteiger partial charge is 0.325 e. The fourth-order valence-electron chi connectivity index (χ4n) is 3.34. The van der Waals surface area contributed by atoms with Gasteiger partial charge in [-0.1, -0.05) is 43.4 Å². The van der Waals surface area contributed by atoms with Crippen molar-refractivity contribution in [3.05, 3.63) is 34.8 Å². The molecule has 3 heterocycles. The maximum atomic E-state index is 13.1. The van der Waals surface area contributed by atoms with Gasteiger partial charge in [0.25, 0.3) is 5.91 Å². The van der Waals surface area contributed by atoms with Crippen molar-refractivity contribution < 1.29 is 19.1 Å². The van der Waals surface area contributed by atoms with Crippen LogP contribution in [0.4, 0.5) is 9.93 Å². The number of fused-ring (bicyclic) bond motifs is 2. The van der Waals surface area contributed by atoms with Crippen LogP contribution in [0.1, 0.15) is 36.8 Å². The van der Waals surface area contributed by atoms with Crippen molar-refractivity contribution in [2.24, 2.45) is 0 Å². The summed E-state index contributed by atoms with van der Waals surface area (Å²) < 4.78 is 5.60. The van der Waals surface area contributed by atoms with Gasteiger partial charge in [0.15, 0.2) is 5.54 Å². The molecule has 1 spiro atoms. The Balaban J connectivity index is 1.51. The lowest BCUT2D eigenvalue weighted by molar-refractivity contribution is -0.135. The zero-order valence-electron chi connectivity index (χ0n) is 15.4. The molecule has 1 saturated heterocycles. The predicted octanol–water partition coefficient (Wildman–Crippen LogP) is 1.83. The molecular formula is C18H19N5O4S. The Bertz CT molecular complexity index is 959. The first-order valence-electron chi connectivity index (χ1n) is 8.90. The summed E-state index contributed by atoms with van der Waals surface area (Å²) in [4.78, 5) is 38.9. The van der Waals surface area contributed by atoms with E-state index in [2.05, 4.69) is 20.8 Å². The lowest BCUT2D eigenvalue weighted by Crippen LogP contribution is -2.48. The van der Waals surface area contributed by atoms with E-state index in [1.54, 1.807) is 24.3 Å². The molecule has 1 aromatic carbocycles. The minimum Gasteiger partial charge on any atom is -0.493 e. The van der Waals surface area contributed by atoms with Crippen LogP contribution in [0.3, 0.4) is 0 Å². The molecule has 146 valence electrons. The highest BCUT2D eigenvalue weighted by atomic mass is 32.1. The van der Waals surface area contributed by atoms with Crippen molar-refractivity contribution in [3.8, 4) is 5.75 Å². The van der Waals surface area contributed by atoms with Gasteiger partial charge in [-0.2, -0.15) is 0 Å². The molecular weight excluding hydrogens is 382 g/mol. The van der Waals surface area contributed by atoms with Gasteiger partial charge in [0.2, 0.25) is 11.0 Å². The van der Waals surface area contributed by atoms with Crippen molar-refractivity contribution in [2.75, 3.05) is 18.5 Å². The molecule has 0 aliphatic carbocycles. The van der Waals surface area contributed by atoms with Gasteiger partial charge < -0.3 is 10.1 Å². The molecule has 0 unspecified atom stereocenters. The number of nitrogens with one attached hydrogen (secondary N) is 2. The van der Waals surface area contributed by atoms with Crippen LogP contribution in [-0.4, -0.2) is 46.1 Å². The van der Waals surface area contributed by atoms with Crippen LogP contribution >= 0.6 is 11.3 Å². The van der Waals surface area contributed by atoms with Crippen molar-refractivity contribution >= 4 is 34.3 Å². The maximum Gasteiger partial charge on any atom is 0.325 e. The number of hydrogen-bond acceptors (Lipinski definition) is 7. The zero-order valence-corrected chi connectivity index (χ0v) is 16.2. The number of benzene rings is 1. The first-order chi connectivity index (χ1) is 13.4. The number of ether oxygens (including phenoxy) is 1. The molecule has 28 heavy (non-hydrogen) atoms. The SMILES string of the molecule is CC(C)c1nnc(NC(=O)CN2C(=O)N[C@@]3(CCOc4ccccc43)C2=O)s1. The van der Waals surface area contributed by atoms with Crippen LogP contribution < -0.4 is 15.4 Å². The Labute approximate surface area is 165 Å². The fraction of sp³-hybridized carbons (Fsp3) is 0.389. The lowest BCUT2D eigenvalue weighted by atomic mass is 9.84. The van der Waals surface area contributed by atoms with Gasteiger partial charge in [0.1, 0.15) is 17.3 Å². The molecule has 0 bridgehead atoms. The van der Waals surface area contributed by atoms with Gasteiger partial charge in [-0.25, -0.2) is 4.79 Å². The second-order valence-corrected chi connectivity index (χ2v) is 7.98. The second-order valence-electron chi connectivity index (χ2n) is 6.97. The standard InChI is InChI=1S/C18H19N5O4S/c1-10(2)14-21-22-16(28-14)19-13(24)9-23-15(25)18(20-17(23)26)7-8-27-12-6-4-3-5-11(12)18/h3-6,10H,7-9H2,1-2H3,(H,20,26)(H,19,22,24)/t18-/m1/s1. The van der Waals surface area contributed by atoms with Gasteiger partial charge in [0, 0.05) is 17.9 Å². The Morgan fingerprint density at radius 2 is 2.14 bits per heavy atom. The molecule has 0 radical (unpaired) electrons. The van der Waals surface area contributed by atoms with Gasteiger partial charge in [0.05, 0.1) is 6.61 Å². The molecule has 2 aliphatic heterocycles. The first kappa shape index (κ1) is 18.4. The molecule has 4 rings (SSSR count). The summed E-state index contributed by atoms with van der Waals surface area (Å²) in [5, 5.41) is 14.4. The summed E-state index contributed by atoms with van der Waals surface area (Å²) >= 11 is 1.27. The molecule has 1 fully saturated rings. The largest absolute Gasteiger partial charge is 0.493 e. The average molecular weight is 401 g/mol. The number of urea groups is 1. The minimum absolute atomic E-state index is 0.197. The number of nitrogens with zero attached hydrogens (tertiary/aromatic N) is 3. The number of anilines is 1. The highest BCUT2D eigenvalue weighted by molar-refractivity contribution is 7.15. The van der Waals surface area contributed by atoms with Crippen LogP contribution in [0.15, 0.2) is 24.3 Å². The molecule has 1 atom stereocenters. The topological polar surface area (TPSA) is 114 Å². The average Bonchev–Trinajstić information content (AvgIpc) is 3.22. The molecule has 2 aromatic rings. The highest BCUT2D eigenvalue weighted by Crippen LogP contribution is 2.40. The third-order valence-electron chi connectivity index (χ3n) is 4.74. The summed E-state index contributed by atoms with van der Waals surface area (Å²) in [7, 11) is 0. The lowest BCUT2D eigenvalue weighted by Gasteiger charge is -2.33.